The standard InChI is InChI=1S/C6H8Cl2N2O/c1-4(11)10-3-5(7)9-2-6(10)8/h2-4,6,11H,1H3. The Labute approximate surface area is 74.9 Å². The van der Waals surface area contributed by atoms with Crippen molar-refractivity contribution in [3.05, 3.63) is 11.4 Å². The van der Waals surface area contributed by atoms with E-state index in [2.05, 4.69) is 4.99 Å². The van der Waals surface area contributed by atoms with E-state index in [1.165, 1.54) is 17.3 Å². The molecule has 1 rings (SSSR count). The maximum absolute atomic E-state index is 9.14. The van der Waals surface area contributed by atoms with Gasteiger partial charge in [-0.15, -0.1) is 0 Å². The summed E-state index contributed by atoms with van der Waals surface area (Å²) in [4.78, 5) is 5.26. The molecule has 5 heteroatoms. The summed E-state index contributed by atoms with van der Waals surface area (Å²) in [7, 11) is 0. The van der Waals surface area contributed by atoms with Crippen LogP contribution in [0, 0.1) is 0 Å². The van der Waals surface area contributed by atoms with Gasteiger partial charge in [0.15, 0.2) is 0 Å². The van der Waals surface area contributed by atoms with E-state index in [1.807, 2.05) is 0 Å². The third-order valence-electron chi connectivity index (χ3n) is 1.29. The van der Waals surface area contributed by atoms with Gasteiger partial charge in [0.2, 0.25) is 0 Å². The molecule has 1 heterocycles. The Morgan fingerprint density at radius 3 is 2.91 bits per heavy atom. The first kappa shape index (κ1) is 8.84. The average Bonchev–Trinajstić information content (AvgIpc) is 1.94. The lowest BCUT2D eigenvalue weighted by Gasteiger charge is -2.28. The minimum atomic E-state index is -0.655. The second-order valence-corrected chi connectivity index (χ2v) is 3.02. The van der Waals surface area contributed by atoms with Crippen LogP contribution in [0.5, 0.6) is 0 Å². The summed E-state index contributed by atoms with van der Waals surface area (Å²) in [5.74, 6) is 0. The number of alkyl halides is 1. The highest BCUT2D eigenvalue weighted by Gasteiger charge is 2.18. The van der Waals surface area contributed by atoms with Gasteiger partial charge in [0.1, 0.15) is 16.9 Å². The lowest BCUT2D eigenvalue weighted by Crippen LogP contribution is -2.36. The van der Waals surface area contributed by atoms with E-state index in [0.717, 1.165) is 0 Å². The van der Waals surface area contributed by atoms with Crippen molar-refractivity contribution in [3.63, 3.8) is 0 Å². The molecule has 0 aromatic rings. The molecule has 1 aliphatic rings. The summed E-state index contributed by atoms with van der Waals surface area (Å²) in [5.41, 5.74) is -0.419. The van der Waals surface area contributed by atoms with Crippen LogP contribution in [-0.2, 0) is 0 Å². The number of aliphatic hydroxyl groups is 1. The average molecular weight is 195 g/mol. The Balaban J connectivity index is 2.73. The third-order valence-corrected chi connectivity index (χ3v) is 1.83. The fourth-order valence-electron chi connectivity index (χ4n) is 0.751. The highest BCUT2D eigenvalue weighted by molar-refractivity contribution is 6.32. The van der Waals surface area contributed by atoms with Crippen molar-refractivity contribution >= 4 is 29.4 Å². The van der Waals surface area contributed by atoms with Crippen LogP contribution in [0.1, 0.15) is 6.92 Å². The molecule has 0 spiro atoms. The highest BCUT2D eigenvalue weighted by Crippen LogP contribution is 2.17. The number of hydrogen-bond donors (Lipinski definition) is 1. The lowest BCUT2D eigenvalue weighted by molar-refractivity contribution is 0.0570. The molecule has 2 unspecified atom stereocenters. The van der Waals surface area contributed by atoms with Crippen molar-refractivity contribution < 1.29 is 5.11 Å². The summed E-state index contributed by atoms with van der Waals surface area (Å²) in [6.45, 7) is 1.61. The minimum Gasteiger partial charge on any atom is -0.374 e. The van der Waals surface area contributed by atoms with Crippen LogP contribution in [0.4, 0.5) is 0 Å². The lowest BCUT2D eigenvalue weighted by atomic mass is 10.4. The van der Waals surface area contributed by atoms with Crippen molar-refractivity contribution in [1.29, 1.82) is 0 Å². The third kappa shape index (κ3) is 2.09. The molecule has 0 saturated heterocycles. The molecule has 1 aliphatic heterocycles. The molecule has 3 nitrogen and oxygen atoms in total. The fraction of sp³-hybridized carbons (Fsp3) is 0.500. The van der Waals surface area contributed by atoms with Gasteiger partial charge in [-0.2, -0.15) is 0 Å². The smallest absolute Gasteiger partial charge is 0.144 e. The molecule has 11 heavy (non-hydrogen) atoms. The van der Waals surface area contributed by atoms with E-state index in [1.54, 1.807) is 6.92 Å². The number of rotatable bonds is 1. The van der Waals surface area contributed by atoms with Crippen molar-refractivity contribution in [3.8, 4) is 0 Å². The molecule has 0 aliphatic carbocycles. The van der Waals surface area contributed by atoms with Crippen LogP contribution in [0.2, 0.25) is 0 Å². The number of halogens is 2. The van der Waals surface area contributed by atoms with Gasteiger partial charge in [-0.3, -0.25) is 0 Å². The van der Waals surface area contributed by atoms with E-state index in [4.69, 9.17) is 28.3 Å². The van der Waals surface area contributed by atoms with Gasteiger partial charge >= 0.3 is 0 Å². The quantitative estimate of drug-likeness (QED) is 0.505. The summed E-state index contributed by atoms with van der Waals surface area (Å²) < 4.78 is 0. The molecule has 0 radical (unpaired) electrons. The molecular formula is C6H8Cl2N2O. The molecule has 0 aromatic heterocycles. The first-order valence-electron chi connectivity index (χ1n) is 3.12. The zero-order chi connectivity index (χ0) is 8.43. The van der Waals surface area contributed by atoms with Gasteiger partial charge in [-0.05, 0) is 6.92 Å². The van der Waals surface area contributed by atoms with Crippen molar-refractivity contribution in [2.75, 3.05) is 0 Å². The molecule has 1 N–H and O–H groups in total. The summed E-state index contributed by atoms with van der Waals surface area (Å²) in [5, 5.41) is 9.46. The van der Waals surface area contributed by atoms with Gasteiger partial charge in [-0.1, -0.05) is 23.2 Å². The molecule has 0 fully saturated rings. The summed E-state index contributed by atoms with van der Waals surface area (Å²) in [6, 6.07) is 0. The van der Waals surface area contributed by atoms with E-state index in [0.29, 0.717) is 5.16 Å². The van der Waals surface area contributed by atoms with Gasteiger partial charge in [0, 0.05) is 12.4 Å². The van der Waals surface area contributed by atoms with Crippen LogP contribution in [0.3, 0.4) is 0 Å². The van der Waals surface area contributed by atoms with E-state index >= 15 is 0 Å². The van der Waals surface area contributed by atoms with E-state index in [-0.39, 0.29) is 0 Å². The SMILES string of the molecule is CC(O)N1C=C(Cl)N=CC1Cl. The predicted octanol–water partition coefficient (Wildman–Crippen LogP) is 1.31. The Morgan fingerprint density at radius 2 is 2.45 bits per heavy atom. The minimum absolute atomic E-state index is 0.322. The molecule has 2 atom stereocenters. The van der Waals surface area contributed by atoms with Gasteiger partial charge in [-0.25, -0.2) is 4.99 Å². The Hall–Kier alpha value is -0.250. The number of hydrogen-bond acceptors (Lipinski definition) is 3. The maximum Gasteiger partial charge on any atom is 0.144 e. The van der Waals surface area contributed by atoms with Crippen molar-refractivity contribution in [1.82, 2.24) is 4.90 Å². The number of aliphatic hydroxyl groups excluding tert-OH is 1. The first-order valence-corrected chi connectivity index (χ1v) is 3.94. The molecule has 0 aromatic carbocycles. The van der Waals surface area contributed by atoms with Crippen LogP contribution in [-0.4, -0.2) is 27.9 Å². The summed E-state index contributed by atoms with van der Waals surface area (Å²) in [6.07, 6.45) is 2.32. The predicted molar refractivity (Wildman–Crippen MR) is 45.6 cm³/mol. The Kier molecular flexibility index (Phi) is 2.76. The highest BCUT2D eigenvalue weighted by atomic mass is 35.5. The molecule has 0 amide bonds. The number of aliphatic imine (C=N–C) groups is 1. The molecule has 0 saturated carbocycles. The zero-order valence-corrected chi connectivity index (χ0v) is 7.42. The van der Waals surface area contributed by atoms with Crippen LogP contribution in [0.15, 0.2) is 16.3 Å². The van der Waals surface area contributed by atoms with Crippen LogP contribution in [0.25, 0.3) is 0 Å². The normalized spacial score (nSPS) is 26.7. The number of nitrogens with zero attached hydrogens (tertiary/aromatic N) is 2. The fourth-order valence-corrected chi connectivity index (χ4v) is 1.20. The Morgan fingerprint density at radius 1 is 1.82 bits per heavy atom. The molecule has 0 bridgehead atoms. The molecule has 62 valence electrons. The van der Waals surface area contributed by atoms with Gasteiger partial charge < -0.3 is 10.0 Å². The Bertz CT molecular complexity index is 203. The van der Waals surface area contributed by atoms with Crippen LogP contribution >= 0.6 is 23.2 Å². The van der Waals surface area contributed by atoms with Crippen LogP contribution < -0.4 is 0 Å². The monoisotopic (exact) mass is 194 g/mol. The van der Waals surface area contributed by atoms with E-state index < -0.39 is 11.7 Å². The second-order valence-electron chi connectivity index (χ2n) is 2.18. The van der Waals surface area contributed by atoms with Crippen molar-refractivity contribution in [2.24, 2.45) is 4.99 Å². The maximum atomic E-state index is 9.14. The molecular weight excluding hydrogens is 187 g/mol. The zero-order valence-electron chi connectivity index (χ0n) is 5.91. The van der Waals surface area contributed by atoms with Gasteiger partial charge in [0.25, 0.3) is 0 Å². The van der Waals surface area contributed by atoms with E-state index in [9.17, 15) is 0 Å². The largest absolute Gasteiger partial charge is 0.374 e. The first-order chi connectivity index (χ1) is 5.11. The summed E-state index contributed by atoms with van der Waals surface area (Å²) >= 11 is 11.3. The second kappa shape index (κ2) is 3.43. The topological polar surface area (TPSA) is 35.8 Å². The van der Waals surface area contributed by atoms with Gasteiger partial charge in [0.05, 0.1) is 0 Å². The van der Waals surface area contributed by atoms with Crippen molar-refractivity contribution in [2.45, 2.75) is 18.7 Å².